The molecule has 7 nitrogen and oxygen atoms in total. The molecule has 2 N–H and O–H groups in total. The van der Waals surface area contributed by atoms with Crippen LogP contribution in [0, 0.1) is 0 Å². The van der Waals surface area contributed by atoms with E-state index in [-0.39, 0.29) is 24.0 Å². The lowest BCUT2D eigenvalue weighted by atomic mass is 10.1. The smallest absolute Gasteiger partial charge is 0.225 e. The van der Waals surface area contributed by atoms with Crippen molar-refractivity contribution in [2.45, 2.75) is 19.4 Å². The van der Waals surface area contributed by atoms with Crippen molar-refractivity contribution in [2.24, 2.45) is 4.99 Å². The Bertz CT molecular complexity index is 707. The van der Waals surface area contributed by atoms with Gasteiger partial charge in [-0.3, -0.25) is 4.99 Å². The molecule has 1 aliphatic rings. The van der Waals surface area contributed by atoms with Crippen LogP contribution in [0.2, 0.25) is 0 Å². The van der Waals surface area contributed by atoms with Crippen LogP contribution < -0.4 is 10.2 Å². The molecular formula is C20H29IN6O. The van der Waals surface area contributed by atoms with E-state index in [1.165, 1.54) is 0 Å². The van der Waals surface area contributed by atoms with Crippen LogP contribution in [0.25, 0.3) is 0 Å². The van der Waals surface area contributed by atoms with Gasteiger partial charge in [0.2, 0.25) is 5.95 Å². The lowest BCUT2D eigenvalue weighted by molar-refractivity contribution is 0.183. The van der Waals surface area contributed by atoms with Crippen molar-refractivity contribution in [3.05, 3.63) is 54.4 Å². The van der Waals surface area contributed by atoms with Crippen LogP contribution in [0.5, 0.6) is 0 Å². The quantitative estimate of drug-likeness (QED) is 0.361. The fraction of sp³-hybridized carbons (Fsp3) is 0.450. The second-order valence-corrected chi connectivity index (χ2v) is 6.56. The SMILES string of the molecule is CCNC(=NCC(O)Cc1ccccc1)N1CCN(c2ncccn2)CC1.I. The van der Waals surface area contributed by atoms with Gasteiger partial charge in [-0.25, -0.2) is 9.97 Å². The first kappa shape index (κ1) is 22.4. The summed E-state index contributed by atoms with van der Waals surface area (Å²) in [6.45, 7) is 6.64. The highest BCUT2D eigenvalue weighted by atomic mass is 127. The Hall–Kier alpha value is -1.94. The highest BCUT2D eigenvalue weighted by Gasteiger charge is 2.21. The number of nitrogens with zero attached hydrogens (tertiary/aromatic N) is 5. The average Bonchev–Trinajstić information content (AvgIpc) is 2.73. The van der Waals surface area contributed by atoms with Crippen molar-refractivity contribution in [3.63, 3.8) is 0 Å². The maximum atomic E-state index is 10.3. The third-order valence-electron chi connectivity index (χ3n) is 4.52. The van der Waals surface area contributed by atoms with Crippen molar-refractivity contribution >= 4 is 35.9 Å². The zero-order chi connectivity index (χ0) is 18.9. The van der Waals surface area contributed by atoms with Gasteiger partial charge in [-0.05, 0) is 18.6 Å². The molecule has 1 aromatic heterocycles. The molecule has 0 aliphatic carbocycles. The number of benzene rings is 1. The van der Waals surface area contributed by atoms with Crippen LogP contribution in [0.4, 0.5) is 5.95 Å². The minimum absolute atomic E-state index is 0. The Kier molecular flexibility index (Phi) is 9.42. The lowest BCUT2D eigenvalue weighted by Gasteiger charge is -2.36. The predicted octanol–water partition coefficient (Wildman–Crippen LogP) is 1.79. The summed E-state index contributed by atoms with van der Waals surface area (Å²) in [6, 6.07) is 11.9. The molecule has 2 aromatic rings. The van der Waals surface area contributed by atoms with E-state index in [0.717, 1.165) is 50.2 Å². The number of hydrogen-bond acceptors (Lipinski definition) is 5. The number of aliphatic hydroxyl groups is 1. The summed E-state index contributed by atoms with van der Waals surface area (Å²) in [5, 5.41) is 13.7. The van der Waals surface area contributed by atoms with E-state index in [1.807, 2.05) is 36.4 Å². The lowest BCUT2D eigenvalue weighted by Crippen LogP contribution is -2.53. The van der Waals surface area contributed by atoms with Crippen molar-refractivity contribution in [2.75, 3.05) is 44.2 Å². The fourth-order valence-corrected chi connectivity index (χ4v) is 3.14. The number of anilines is 1. The third-order valence-corrected chi connectivity index (χ3v) is 4.52. The third kappa shape index (κ3) is 6.59. The monoisotopic (exact) mass is 496 g/mol. The summed E-state index contributed by atoms with van der Waals surface area (Å²) in [7, 11) is 0. The maximum absolute atomic E-state index is 10.3. The number of rotatable bonds is 6. The zero-order valence-electron chi connectivity index (χ0n) is 16.2. The first-order valence-corrected chi connectivity index (χ1v) is 9.53. The molecule has 1 aliphatic heterocycles. The molecule has 0 bridgehead atoms. The molecule has 3 rings (SSSR count). The molecular weight excluding hydrogens is 467 g/mol. The van der Waals surface area contributed by atoms with Crippen LogP contribution in [0.1, 0.15) is 12.5 Å². The Morgan fingerprint density at radius 1 is 1.11 bits per heavy atom. The highest BCUT2D eigenvalue weighted by molar-refractivity contribution is 14.0. The minimum Gasteiger partial charge on any atom is -0.391 e. The second kappa shape index (κ2) is 11.8. The summed E-state index contributed by atoms with van der Waals surface area (Å²) in [5.41, 5.74) is 1.13. The minimum atomic E-state index is -0.486. The number of aliphatic imine (C=N–C) groups is 1. The Morgan fingerprint density at radius 3 is 2.43 bits per heavy atom. The number of nitrogens with one attached hydrogen (secondary N) is 1. The molecule has 1 atom stereocenters. The van der Waals surface area contributed by atoms with E-state index < -0.39 is 6.10 Å². The molecule has 0 radical (unpaired) electrons. The van der Waals surface area contributed by atoms with Gasteiger partial charge < -0.3 is 20.2 Å². The van der Waals surface area contributed by atoms with Crippen LogP contribution >= 0.6 is 24.0 Å². The molecule has 0 amide bonds. The van der Waals surface area contributed by atoms with Gasteiger partial charge in [0.1, 0.15) is 0 Å². The molecule has 1 saturated heterocycles. The molecule has 0 spiro atoms. The van der Waals surface area contributed by atoms with Crippen molar-refractivity contribution in [1.29, 1.82) is 0 Å². The first-order chi connectivity index (χ1) is 13.3. The van der Waals surface area contributed by atoms with Gasteiger partial charge in [0.15, 0.2) is 5.96 Å². The van der Waals surface area contributed by atoms with Gasteiger partial charge in [0, 0.05) is 51.5 Å². The van der Waals surface area contributed by atoms with Crippen molar-refractivity contribution < 1.29 is 5.11 Å². The van der Waals surface area contributed by atoms with Gasteiger partial charge in [-0.2, -0.15) is 0 Å². The standard InChI is InChI=1S/C20H28N6O.HI/c1-2-21-19(24-16-18(27)15-17-7-4-3-5-8-17)25-11-13-26(14-12-25)20-22-9-6-10-23-20;/h3-10,18,27H,2,11-16H2,1H3,(H,21,24);1H. The van der Waals surface area contributed by atoms with Crippen LogP contribution in [-0.4, -0.2) is 71.3 Å². The number of guanidine groups is 1. The summed E-state index contributed by atoms with van der Waals surface area (Å²) >= 11 is 0. The Morgan fingerprint density at radius 2 is 1.79 bits per heavy atom. The normalized spacial score (nSPS) is 15.7. The highest BCUT2D eigenvalue weighted by Crippen LogP contribution is 2.10. The van der Waals surface area contributed by atoms with Crippen LogP contribution in [-0.2, 0) is 6.42 Å². The molecule has 0 saturated carbocycles. The molecule has 1 unspecified atom stereocenters. The molecule has 1 fully saturated rings. The number of aliphatic hydroxyl groups excluding tert-OH is 1. The van der Waals surface area contributed by atoms with Gasteiger partial charge >= 0.3 is 0 Å². The molecule has 8 heteroatoms. The summed E-state index contributed by atoms with van der Waals surface area (Å²) in [4.78, 5) is 17.7. The predicted molar refractivity (Wildman–Crippen MR) is 123 cm³/mol. The van der Waals surface area contributed by atoms with Gasteiger partial charge in [0.05, 0.1) is 12.6 Å². The molecule has 2 heterocycles. The van der Waals surface area contributed by atoms with E-state index in [4.69, 9.17) is 0 Å². The largest absolute Gasteiger partial charge is 0.391 e. The number of aromatic nitrogens is 2. The molecule has 152 valence electrons. The summed E-state index contributed by atoms with van der Waals surface area (Å²) in [6.07, 6.45) is 3.67. The van der Waals surface area contributed by atoms with Crippen LogP contribution in [0.15, 0.2) is 53.8 Å². The Labute approximate surface area is 183 Å². The zero-order valence-corrected chi connectivity index (χ0v) is 18.6. The van der Waals surface area contributed by atoms with Gasteiger partial charge in [0.25, 0.3) is 0 Å². The number of halogens is 1. The molecule has 1 aromatic carbocycles. The van der Waals surface area contributed by atoms with Gasteiger partial charge in [-0.15, -0.1) is 24.0 Å². The van der Waals surface area contributed by atoms with Crippen LogP contribution in [0.3, 0.4) is 0 Å². The summed E-state index contributed by atoms with van der Waals surface area (Å²) in [5.74, 6) is 1.63. The first-order valence-electron chi connectivity index (χ1n) is 9.53. The summed E-state index contributed by atoms with van der Waals surface area (Å²) < 4.78 is 0. The van der Waals surface area contributed by atoms with E-state index in [0.29, 0.717) is 13.0 Å². The number of piperazine rings is 1. The molecule has 28 heavy (non-hydrogen) atoms. The Balaban J connectivity index is 0.00000280. The fourth-order valence-electron chi connectivity index (χ4n) is 3.14. The van der Waals surface area contributed by atoms with Crippen molar-refractivity contribution in [3.8, 4) is 0 Å². The van der Waals surface area contributed by atoms with E-state index >= 15 is 0 Å². The number of hydrogen-bond donors (Lipinski definition) is 2. The van der Waals surface area contributed by atoms with Gasteiger partial charge in [-0.1, -0.05) is 30.3 Å². The second-order valence-electron chi connectivity index (χ2n) is 6.56. The average molecular weight is 496 g/mol. The van der Waals surface area contributed by atoms with E-state index in [2.05, 4.69) is 37.0 Å². The van der Waals surface area contributed by atoms with Crippen molar-refractivity contribution in [1.82, 2.24) is 20.2 Å². The maximum Gasteiger partial charge on any atom is 0.225 e. The van der Waals surface area contributed by atoms with E-state index in [1.54, 1.807) is 12.4 Å². The topological polar surface area (TPSA) is 76.9 Å². The van der Waals surface area contributed by atoms with E-state index in [9.17, 15) is 5.11 Å².